The van der Waals surface area contributed by atoms with Gasteiger partial charge in [0.25, 0.3) is 0 Å². The molecular weight excluding hydrogens is 200 g/mol. The molecule has 0 saturated heterocycles. The Morgan fingerprint density at radius 1 is 1.00 bits per heavy atom. The Hall–Kier alpha value is -0.530. The number of unbranched alkanes of at least 4 members (excludes halogenated alkanes) is 5. The Balaban J connectivity index is 3.42. The highest BCUT2D eigenvalue weighted by Gasteiger charge is 2.26. The van der Waals surface area contributed by atoms with Crippen molar-refractivity contribution >= 4 is 5.97 Å². The number of esters is 1. The molecule has 0 radical (unpaired) electrons. The zero-order valence-electron chi connectivity index (χ0n) is 11.5. The van der Waals surface area contributed by atoms with Crippen molar-refractivity contribution in [3.8, 4) is 0 Å². The number of hydrogen-bond donors (Lipinski definition) is 0. The lowest BCUT2D eigenvalue weighted by atomic mass is 9.91. The first-order valence-corrected chi connectivity index (χ1v) is 6.71. The van der Waals surface area contributed by atoms with Crippen LogP contribution in [0.2, 0.25) is 0 Å². The zero-order chi connectivity index (χ0) is 12.4. The van der Waals surface area contributed by atoms with Crippen molar-refractivity contribution in [1.82, 2.24) is 0 Å². The molecule has 0 saturated carbocycles. The van der Waals surface area contributed by atoms with Crippen LogP contribution in [0.25, 0.3) is 0 Å². The summed E-state index contributed by atoms with van der Waals surface area (Å²) in [4.78, 5) is 11.6. The fraction of sp³-hybridized carbons (Fsp3) is 0.929. The second-order valence-electron chi connectivity index (χ2n) is 5.14. The molecule has 0 unspecified atom stereocenters. The van der Waals surface area contributed by atoms with Gasteiger partial charge < -0.3 is 4.74 Å². The molecule has 0 aliphatic carbocycles. The van der Waals surface area contributed by atoms with Gasteiger partial charge in [-0.15, -0.1) is 0 Å². The second-order valence-corrected chi connectivity index (χ2v) is 5.14. The van der Waals surface area contributed by atoms with Crippen LogP contribution in [0.1, 0.15) is 72.6 Å². The molecule has 0 aliphatic heterocycles. The van der Waals surface area contributed by atoms with Gasteiger partial charge >= 0.3 is 5.97 Å². The standard InChI is InChI=1S/C14H28O2/c1-5-7-8-9-10-11-12-16-13(15)14(3,4)6-2/h5-12H2,1-4H3. The van der Waals surface area contributed by atoms with Crippen molar-refractivity contribution in [2.45, 2.75) is 72.6 Å². The van der Waals surface area contributed by atoms with Crippen molar-refractivity contribution in [3.05, 3.63) is 0 Å². The van der Waals surface area contributed by atoms with E-state index in [1.54, 1.807) is 0 Å². The number of carbonyl (C=O) groups excluding carboxylic acids is 1. The summed E-state index contributed by atoms with van der Waals surface area (Å²) < 4.78 is 5.27. The molecule has 0 aromatic heterocycles. The summed E-state index contributed by atoms with van der Waals surface area (Å²) in [6, 6.07) is 0. The minimum atomic E-state index is -0.317. The van der Waals surface area contributed by atoms with E-state index in [1.165, 1.54) is 32.1 Å². The van der Waals surface area contributed by atoms with Crippen LogP contribution < -0.4 is 0 Å². The van der Waals surface area contributed by atoms with Crippen molar-refractivity contribution in [2.75, 3.05) is 6.61 Å². The van der Waals surface area contributed by atoms with Gasteiger partial charge in [0.1, 0.15) is 0 Å². The van der Waals surface area contributed by atoms with E-state index in [-0.39, 0.29) is 11.4 Å². The van der Waals surface area contributed by atoms with Crippen LogP contribution in [-0.4, -0.2) is 12.6 Å². The first-order valence-electron chi connectivity index (χ1n) is 6.71. The Kier molecular flexibility index (Phi) is 8.32. The molecule has 0 amide bonds. The van der Waals surface area contributed by atoms with Crippen LogP contribution in [0.3, 0.4) is 0 Å². The van der Waals surface area contributed by atoms with Gasteiger partial charge in [-0.2, -0.15) is 0 Å². The van der Waals surface area contributed by atoms with Gasteiger partial charge in [-0.05, 0) is 26.7 Å². The van der Waals surface area contributed by atoms with Crippen LogP contribution in [0.5, 0.6) is 0 Å². The van der Waals surface area contributed by atoms with Gasteiger partial charge in [0, 0.05) is 0 Å². The van der Waals surface area contributed by atoms with E-state index in [9.17, 15) is 4.79 Å². The number of rotatable bonds is 9. The minimum absolute atomic E-state index is 0.0523. The first-order chi connectivity index (χ1) is 7.54. The quantitative estimate of drug-likeness (QED) is 0.434. The van der Waals surface area contributed by atoms with Crippen LogP contribution in [-0.2, 0) is 9.53 Å². The molecule has 0 spiro atoms. The predicted octanol–water partition coefficient (Wildman–Crippen LogP) is 4.33. The highest BCUT2D eigenvalue weighted by Crippen LogP contribution is 2.21. The van der Waals surface area contributed by atoms with Crippen molar-refractivity contribution in [3.63, 3.8) is 0 Å². The molecule has 2 nitrogen and oxygen atoms in total. The Bertz CT molecular complexity index is 185. The maximum Gasteiger partial charge on any atom is 0.311 e. The Labute approximate surface area is 101 Å². The third-order valence-corrected chi connectivity index (χ3v) is 3.17. The van der Waals surface area contributed by atoms with Crippen molar-refractivity contribution in [1.29, 1.82) is 0 Å². The molecule has 0 aromatic rings. The molecule has 0 fully saturated rings. The van der Waals surface area contributed by atoms with E-state index in [0.29, 0.717) is 6.61 Å². The first kappa shape index (κ1) is 15.5. The molecule has 96 valence electrons. The maximum absolute atomic E-state index is 11.6. The molecule has 0 N–H and O–H groups in total. The molecule has 0 heterocycles. The Morgan fingerprint density at radius 3 is 2.12 bits per heavy atom. The van der Waals surface area contributed by atoms with Crippen molar-refractivity contribution < 1.29 is 9.53 Å². The fourth-order valence-corrected chi connectivity index (χ4v) is 1.39. The van der Waals surface area contributed by atoms with Crippen molar-refractivity contribution in [2.24, 2.45) is 5.41 Å². The summed E-state index contributed by atoms with van der Waals surface area (Å²) >= 11 is 0. The lowest BCUT2D eigenvalue weighted by Gasteiger charge is -2.20. The predicted molar refractivity (Wildman–Crippen MR) is 68.4 cm³/mol. The van der Waals surface area contributed by atoms with E-state index >= 15 is 0 Å². The third kappa shape index (κ3) is 6.86. The monoisotopic (exact) mass is 228 g/mol. The normalized spacial score (nSPS) is 11.5. The van der Waals surface area contributed by atoms with Gasteiger partial charge in [-0.25, -0.2) is 0 Å². The van der Waals surface area contributed by atoms with Crippen LogP contribution in [0.4, 0.5) is 0 Å². The van der Waals surface area contributed by atoms with Crippen LogP contribution >= 0.6 is 0 Å². The van der Waals surface area contributed by atoms with E-state index in [4.69, 9.17) is 4.74 Å². The van der Waals surface area contributed by atoms with E-state index in [0.717, 1.165) is 12.8 Å². The summed E-state index contributed by atoms with van der Waals surface area (Å²) in [5.74, 6) is -0.0523. The van der Waals surface area contributed by atoms with Crippen LogP contribution in [0, 0.1) is 5.41 Å². The highest BCUT2D eigenvalue weighted by atomic mass is 16.5. The Morgan fingerprint density at radius 2 is 1.56 bits per heavy atom. The number of carbonyl (C=O) groups is 1. The summed E-state index contributed by atoms with van der Waals surface area (Å²) in [6.07, 6.45) is 8.20. The molecule has 0 bridgehead atoms. The van der Waals surface area contributed by atoms with E-state index in [2.05, 4.69) is 6.92 Å². The SMILES string of the molecule is CCCCCCCCOC(=O)C(C)(C)CC. The molecule has 16 heavy (non-hydrogen) atoms. The van der Waals surface area contributed by atoms with Crippen LogP contribution in [0.15, 0.2) is 0 Å². The molecular formula is C14H28O2. The molecule has 0 aliphatic rings. The van der Waals surface area contributed by atoms with Gasteiger partial charge in [-0.3, -0.25) is 4.79 Å². The zero-order valence-corrected chi connectivity index (χ0v) is 11.5. The highest BCUT2D eigenvalue weighted by molar-refractivity contribution is 5.75. The van der Waals surface area contributed by atoms with E-state index in [1.807, 2.05) is 20.8 Å². The van der Waals surface area contributed by atoms with Gasteiger partial charge in [-0.1, -0.05) is 46.0 Å². The fourth-order valence-electron chi connectivity index (χ4n) is 1.39. The average Bonchev–Trinajstić information content (AvgIpc) is 2.27. The smallest absolute Gasteiger partial charge is 0.311 e. The number of ether oxygens (including phenoxy) is 1. The summed E-state index contributed by atoms with van der Waals surface area (Å²) in [5.41, 5.74) is -0.317. The van der Waals surface area contributed by atoms with Gasteiger partial charge in [0.15, 0.2) is 0 Å². The van der Waals surface area contributed by atoms with Gasteiger partial charge in [0.2, 0.25) is 0 Å². The largest absolute Gasteiger partial charge is 0.465 e. The minimum Gasteiger partial charge on any atom is -0.465 e. The summed E-state index contributed by atoms with van der Waals surface area (Å²) in [6.45, 7) is 8.71. The topological polar surface area (TPSA) is 26.3 Å². The summed E-state index contributed by atoms with van der Waals surface area (Å²) in [5, 5.41) is 0. The van der Waals surface area contributed by atoms with E-state index < -0.39 is 0 Å². The summed E-state index contributed by atoms with van der Waals surface area (Å²) in [7, 11) is 0. The number of hydrogen-bond acceptors (Lipinski definition) is 2. The molecule has 0 aromatic carbocycles. The molecule has 0 rings (SSSR count). The second kappa shape index (κ2) is 8.60. The molecule has 2 heteroatoms. The van der Waals surface area contributed by atoms with Gasteiger partial charge in [0.05, 0.1) is 12.0 Å². The molecule has 0 atom stereocenters. The lowest BCUT2D eigenvalue weighted by Crippen LogP contribution is -2.26. The third-order valence-electron chi connectivity index (χ3n) is 3.17. The lowest BCUT2D eigenvalue weighted by molar-refractivity contribution is -0.154. The maximum atomic E-state index is 11.6. The average molecular weight is 228 g/mol.